The van der Waals surface area contributed by atoms with E-state index in [1.54, 1.807) is 12.4 Å². The molecule has 0 radical (unpaired) electrons. The lowest BCUT2D eigenvalue weighted by Crippen LogP contribution is -2.08. The van der Waals surface area contributed by atoms with Crippen molar-refractivity contribution in [2.45, 2.75) is 12.1 Å². The number of thioether (sulfide) groups is 1. The molecule has 4 nitrogen and oxygen atoms in total. The maximum Gasteiger partial charge on any atom is 0.189 e. The Morgan fingerprint density at radius 1 is 1.41 bits per heavy atom. The molecule has 0 spiro atoms. The van der Waals surface area contributed by atoms with Crippen LogP contribution in [0.2, 0.25) is 0 Å². The van der Waals surface area contributed by atoms with E-state index in [0.717, 1.165) is 5.56 Å². The Morgan fingerprint density at radius 2 is 2.12 bits per heavy atom. The molecule has 0 amide bonds. The van der Waals surface area contributed by atoms with Crippen molar-refractivity contribution in [1.29, 1.82) is 0 Å². The molecule has 2 heterocycles. The lowest BCUT2D eigenvalue weighted by molar-refractivity contribution is 0.101. The van der Waals surface area contributed by atoms with Crippen LogP contribution in [0.25, 0.3) is 0 Å². The fourth-order valence-corrected chi connectivity index (χ4v) is 2.07. The molecule has 0 aliphatic heterocycles. The monoisotopic (exact) mass is 247 g/mol. The highest BCUT2D eigenvalue weighted by Gasteiger charge is 2.10. The van der Waals surface area contributed by atoms with Crippen molar-refractivity contribution < 1.29 is 4.79 Å². The SMILES string of the molecule is Cc1cnc(SCC(=O)c2cccn2C)nc1. The highest BCUT2D eigenvalue weighted by atomic mass is 32.2. The van der Waals surface area contributed by atoms with Crippen LogP contribution >= 0.6 is 11.8 Å². The van der Waals surface area contributed by atoms with Crippen molar-refractivity contribution in [3.05, 3.63) is 42.0 Å². The molecule has 0 N–H and O–H groups in total. The van der Waals surface area contributed by atoms with Crippen molar-refractivity contribution in [2.75, 3.05) is 5.75 Å². The molecular weight excluding hydrogens is 234 g/mol. The first kappa shape index (κ1) is 11.9. The van der Waals surface area contributed by atoms with Gasteiger partial charge in [0, 0.05) is 25.6 Å². The minimum absolute atomic E-state index is 0.0895. The summed E-state index contributed by atoms with van der Waals surface area (Å²) in [6, 6.07) is 3.68. The van der Waals surface area contributed by atoms with Gasteiger partial charge in [0.2, 0.25) is 0 Å². The van der Waals surface area contributed by atoms with Crippen molar-refractivity contribution in [3.8, 4) is 0 Å². The normalized spacial score (nSPS) is 10.5. The highest BCUT2D eigenvalue weighted by Crippen LogP contribution is 2.14. The van der Waals surface area contributed by atoms with E-state index in [4.69, 9.17) is 0 Å². The van der Waals surface area contributed by atoms with Crippen molar-refractivity contribution in [1.82, 2.24) is 14.5 Å². The Kier molecular flexibility index (Phi) is 3.58. The van der Waals surface area contributed by atoms with Gasteiger partial charge >= 0.3 is 0 Å². The van der Waals surface area contributed by atoms with Gasteiger partial charge in [-0.1, -0.05) is 11.8 Å². The van der Waals surface area contributed by atoms with Gasteiger partial charge in [-0.3, -0.25) is 4.79 Å². The fourth-order valence-electron chi connectivity index (χ4n) is 1.41. The van der Waals surface area contributed by atoms with Gasteiger partial charge in [0.15, 0.2) is 10.9 Å². The van der Waals surface area contributed by atoms with E-state index in [-0.39, 0.29) is 5.78 Å². The second-order valence-electron chi connectivity index (χ2n) is 3.76. The predicted octanol–water partition coefficient (Wildman–Crippen LogP) is 2.10. The summed E-state index contributed by atoms with van der Waals surface area (Å²) < 4.78 is 1.82. The Hall–Kier alpha value is -1.62. The summed E-state index contributed by atoms with van der Waals surface area (Å²) in [7, 11) is 1.86. The number of carbonyl (C=O) groups excluding carboxylic acids is 1. The number of aromatic nitrogens is 3. The van der Waals surface area contributed by atoms with Crippen LogP contribution in [-0.4, -0.2) is 26.1 Å². The molecule has 0 bridgehead atoms. The average molecular weight is 247 g/mol. The molecule has 0 unspecified atom stereocenters. The first-order chi connectivity index (χ1) is 8.16. The molecule has 88 valence electrons. The quantitative estimate of drug-likeness (QED) is 0.471. The second-order valence-corrected chi connectivity index (χ2v) is 4.70. The van der Waals surface area contributed by atoms with Gasteiger partial charge in [-0.2, -0.15) is 0 Å². The topological polar surface area (TPSA) is 47.8 Å². The fraction of sp³-hybridized carbons (Fsp3) is 0.250. The molecule has 0 saturated carbocycles. The molecule has 0 aliphatic rings. The number of aryl methyl sites for hydroxylation is 2. The molecule has 17 heavy (non-hydrogen) atoms. The van der Waals surface area contributed by atoms with Crippen LogP contribution < -0.4 is 0 Å². The van der Waals surface area contributed by atoms with E-state index >= 15 is 0 Å². The van der Waals surface area contributed by atoms with E-state index in [1.807, 2.05) is 36.9 Å². The zero-order chi connectivity index (χ0) is 12.3. The Bertz CT molecular complexity index is 519. The van der Waals surface area contributed by atoms with Crippen LogP contribution in [0.3, 0.4) is 0 Å². The van der Waals surface area contributed by atoms with Gasteiger partial charge in [-0.25, -0.2) is 9.97 Å². The van der Waals surface area contributed by atoms with Gasteiger partial charge in [0.25, 0.3) is 0 Å². The molecule has 2 aromatic heterocycles. The van der Waals surface area contributed by atoms with E-state index < -0.39 is 0 Å². The molecule has 0 atom stereocenters. The van der Waals surface area contributed by atoms with Gasteiger partial charge in [-0.05, 0) is 24.6 Å². The third-order valence-electron chi connectivity index (χ3n) is 2.32. The summed E-state index contributed by atoms with van der Waals surface area (Å²) in [6.45, 7) is 1.93. The minimum Gasteiger partial charge on any atom is -0.348 e. The van der Waals surface area contributed by atoms with Crippen LogP contribution in [-0.2, 0) is 7.05 Å². The number of hydrogen-bond donors (Lipinski definition) is 0. The van der Waals surface area contributed by atoms with Gasteiger partial charge in [0.1, 0.15) is 0 Å². The average Bonchev–Trinajstić information content (AvgIpc) is 2.74. The van der Waals surface area contributed by atoms with Gasteiger partial charge in [-0.15, -0.1) is 0 Å². The number of rotatable bonds is 4. The number of nitrogens with zero attached hydrogens (tertiary/aromatic N) is 3. The van der Waals surface area contributed by atoms with E-state index in [9.17, 15) is 4.79 Å². The molecule has 0 saturated heterocycles. The molecule has 0 aromatic carbocycles. The van der Waals surface area contributed by atoms with Gasteiger partial charge < -0.3 is 4.57 Å². The zero-order valence-corrected chi connectivity index (χ0v) is 10.6. The standard InChI is InChI=1S/C12H13N3OS/c1-9-6-13-12(14-7-9)17-8-11(16)10-4-3-5-15(10)2/h3-7H,8H2,1-2H3. The summed E-state index contributed by atoms with van der Waals surface area (Å²) >= 11 is 1.36. The third kappa shape index (κ3) is 2.94. The largest absolute Gasteiger partial charge is 0.348 e. The number of ketones is 1. The van der Waals surface area contributed by atoms with Crippen molar-refractivity contribution in [3.63, 3.8) is 0 Å². The van der Waals surface area contributed by atoms with Gasteiger partial charge in [0.05, 0.1) is 11.4 Å². The highest BCUT2D eigenvalue weighted by molar-refractivity contribution is 7.99. The van der Waals surface area contributed by atoms with Crippen molar-refractivity contribution >= 4 is 17.5 Å². The number of Topliss-reactive ketones (excluding diaryl/α,β-unsaturated/α-hetero) is 1. The van der Waals surface area contributed by atoms with E-state index in [0.29, 0.717) is 16.6 Å². The summed E-state index contributed by atoms with van der Waals surface area (Å²) in [4.78, 5) is 20.2. The predicted molar refractivity (Wildman–Crippen MR) is 67.2 cm³/mol. The lowest BCUT2D eigenvalue weighted by atomic mass is 10.3. The first-order valence-electron chi connectivity index (χ1n) is 5.23. The molecular formula is C12H13N3OS. The van der Waals surface area contributed by atoms with Crippen molar-refractivity contribution in [2.24, 2.45) is 7.05 Å². The zero-order valence-electron chi connectivity index (χ0n) is 9.75. The molecule has 0 aliphatic carbocycles. The first-order valence-corrected chi connectivity index (χ1v) is 6.21. The summed E-state index contributed by atoms with van der Waals surface area (Å²) in [6.07, 6.45) is 5.37. The summed E-state index contributed by atoms with van der Waals surface area (Å²) in [5, 5.41) is 0.637. The summed E-state index contributed by atoms with van der Waals surface area (Å²) in [5.74, 6) is 0.452. The number of hydrogen-bond acceptors (Lipinski definition) is 4. The van der Waals surface area contributed by atoms with Crippen LogP contribution in [0.15, 0.2) is 35.9 Å². The Morgan fingerprint density at radius 3 is 2.71 bits per heavy atom. The van der Waals surface area contributed by atoms with Crippen LogP contribution in [0.4, 0.5) is 0 Å². The maximum atomic E-state index is 11.9. The second kappa shape index (κ2) is 5.14. The van der Waals surface area contributed by atoms with Crippen LogP contribution in [0.1, 0.15) is 16.1 Å². The Labute approximate surface area is 104 Å². The minimum atomic E-state index is 0.0895. The Balaban J connectivity index is 1.97. The molecule has 5 heteroatoms. The van der Waals surface area contributed by atoms with E-state index in [2.05, 4.69) is 9.97 Å². The van der Waals surface area contributed by atoms with Crippen LogP contribution in [0.5, 0.6) is 0 Å². The smallest absolute Gasteiger partial charge is 0.189 e. The lowest BCUT2D eigenvalue weighted by Gasteiger charge is -2.02. The number of carbonyl (C=O) groups is 1. The maximum absolute atomic E-state index is 11.9. The molecule has 0 fully saturated rings. The molecule has 2 aromatic rings. The van der Waals surface area contributed by atoms with Crippen LogP contribution in [0, 0.1) is 6.92 Å². The summed E-state index contributed by atoms with van der Waals surface area (Å²) in [5.41, 5.74) is 1.73. The third-order valence-corrected chi connectivity index (χ3v) is 3.19. The molecule has 2 rings (SSSR count). The van der Waals surface area contributed by atoms with E-state index in [1.165, 1.54) is 11.8 Å².